The molecule has 0 saturated heterocycles. The van der Waals surface area contributed by atoms with Gasteiger partial charge in [0.05, 0.1) is 0 Å². The highest BCUT2D eigenvalue weighted by molar-refractivity contribution is 5.95. The number of para-hydroxylation sites is 1. The molecule has 0 aromatic heterocycles. The van der Waals surface area contributed by atoms with Gasteiger partial charge in [-0.3, -0.25) is 4.79 Å². The van der Waals surface area contributed by atoms with Crippen LogP contribution < -0.4 is 10.2 Å². The van der Waals surface area contributed by atoms with Gasteiger partial charge in [-0.15, -0.1) is 0 Å². The number of nitrogens with zero attached hydrogens (tertiary/aromatic N) is 1. The summed E-state index contributed by atoms with van der Waals surface area (Å²) in [5, 5.41) is 3.47. The number of rotatable bonds is 5. The van der Waals surface area contributed by atoms with Crippen molar-refractivity contribution in [3.05, 3.63) is 29.8 Å². The standard InChI is InChI=1S/C15H22N2O2/c1-3-16-13-9-10-17(15(18)11-19-4-2)14-8-6-5-7-12(13)14/h5-8,13,16H,3-4,9-11H2,1-2H3. The van der Waals surface area contributed by atoms with E-state index in [2.05, 4.69) is 18.3 Å². The lowest BCUT2D eigenvalue weighted by atomic mass is 9.96. The summed E-state index contributed by atoms with van der Waals surface area (Å²) in [5.74, 6) is 0.0456. The minimum absolute atomic E-state index is 0.0456. The zero-order valence-corrected chi connectivity index (χ0v) is 11.7. The molecule has 0 radical (unpaired) electrons. The Morgan fingerprint density at radius 3 is 2.95 bits per heavy atom. The maximum atomic E-state index is 12.2. The molecular formula is C15H22N2O2. The summed E-state index contributed by atoms with van der Waals surface area (Å²) >= 11 is 0. The smallest absolute Gasteiger partial charge is 0.252 e. The third-order valence-electron chi connectivity index (χ3n) is 3.43. The van der Waals surface area contributed by atoms with Crippen LogP contribution in [0.1, 0.15) is 31.9 Å². The fourth-order valence-corrected chi connectivity index (χ4v) is 2.55. The second-order valence-corrected chi connectivity index (χ2v) is 4.64. The molecule has 1 amide bonds. The predicted octanol–water partition coefficient (Wildman–Crippen LogP) is 2.11. The van der Waals surface area contributed by atoms with Gasteiger partial charge < -0.3 is 15.0 Å². The first-order chi connectivity index (χ1) is 9.27. The number of amides is 1. The van der Waals surface area contributed by atoms with Crippen molar-refractivity contribution >= 4 is 11.6 Å². The lowest BCUT2D eigenvalue weighted by molar-refractivity contribution is -0.123. The summed E-state index contributed by atoms with van der Waals surface area (Å²) in [4.78, 5) is 14.0. The Labute approximate surface area is 114 Å². The Balaban J connectivity index is 2.20. The molecule has 1 atom stereocenters. The highest BCUT2D eigenvalue weighted by atomic mass is 16.5. The molecule has 19 heavy (non-hydrogen) atoms. The average molecular weight is 262 g/mol. The second-order valence-electron chi connectivity index (χ2n) is 4.64. The largest absolute Gasteiger partial charge is 0.372 e. The quantitative estimate of drug-likeness (QED) is 0.883. The van der Waals surface area contributed by atoms with Crippen molar-refractivity contribution < 1.29 is 9.53 Å². The maximum Gasteiger partial charge on any atom is 0.252 e. The Hall–Kier alpha value is -1.39. The molecule has 2 rings (SSSR count). The van der Waals surface area contributed by atoms with Crippen molar-refractivity contribution in [2.24, 2.45) is 0 Å². The normalized spacial score (nSPS) is 18.2. The van der Waals surface area contributed by atoms with Crippen LogP contribution in [0.2, 0.25) is 0 Å². The monoisotopic (exact) mass is 262 g/mol. The molecule has 1 aliphatic heterocycles. The van der Waals surface area contributed by atoms with Gasteiger partial charge in [0, 0.05) is 24.9 Å². The summed E-state index contributed by atoms with van der Waals surface area (Å²) in [5.41, 5.74) is 2.23. The van der Waals surface area contributed by atoms with Gasteiger partial charge in [-0.05, 0) is 31.5 Å². The Morgan fingerprint density at radius 1 is 1.42 bits per heavy atom. The summed E-state index contributed by atoms with van der Waals surface area (Å²) in [7, 11) is 0. The van der Waals surface area contributed by atoms with E-state index in [4.69, 9.17) is 4.74 Å². The highest BCUT2D eigenvalue weighted by Crippen LogP contribution is 2.33. The van der Waals surface area contributed by atoms with Gasteiger partial charge in [0.15, 0.2) is 0 Å². The number of fused-ring (bicyclic) bond motifs is 1. The fourth-order valence-electron chi connectivity index (χ4n) is 2.55. The van der Waals surface area contributed by atoms with Gasteiger partial charge in [-0.25, -0.2) is 0 Å². The Morgan fingerprint density at radius 2 is 2.21 bits per heavy atom. The molecule has 1 N–H and O–H groups in total. The van der Waals surface area contributed by atoms with Crippen LogP contribution in [0.5, 0.6) is 0 Å². The Kier molecular flexibility index (Phi) is 4.93. The van der Waals surface area contributed by atoms with Crippen molar-refractivity contribution in [2.45, 2.75) is 26.3 Å². The van der Waals surface area contributed by atoms with Crippen molar-refractivity contribution in [1.82, 2.24) is 5.32 Å². The van der Waals surface area contributed by atoms with E-state index in [1.807, 2.05) is 30.0 Å². The van der Waals surface area contributed by atoms with Gasteiger partial charge in [-0.2, -0.15) is 0 Å². The van der Waals surface area contributed by atoms with E-state index >= 15 is 0 Å². The van der Waals surface area contributed by atoms with Gasteiger partial charge in [0.25, 0.3) is 5.91 Å². The number of ether oxygens (including phenoxy) is 1. The molecule has 0 bridgehead atoms. The van der Waals surface area contributed by atoms with E-state index in [0.717, 1.165) is 25.2 Å². The van der Waals surface area contributed by atoms with E-state index in [1.165, 1.54) is 5.56 Å². The van der Waals surface area contributed by atoms with Crippen LogP contribution >= 0.6 is 0 Å². The molecule has 1 unspecified atom stereocenters. The summed E-state index contributed by atoms with van der Waals surface area (Å²) in [6.45, 7) is 6.43. The third kappa shape index (κ3) is 3.14. The zero-order valence-electron chi connectivity index (χ0n) is 11.7. The molecule has 4 nitrogen and oxygen atoms in total. The fraction of sp³-hybridized carbons (Fsp3) is 0.533. The van der Waals surface area contributed by atoms with E-state index in [0.29, 0.717) is 12.6 Å². The predicted molar refractivity (Wildman–Crippen MR) is 76.3 cm³/mol. The molecule has 1 aromatic carbocycles. The van der Waals surface area contributed by atoms with Crippen molar-refractivity contribution in [3.8, 4) is 0 Å². The number of benzene rings is 1. The topological polar surface area (TPSA) is 41.6 Å². The first kappa shape index (κ1) is 14.0. The number of nitrogens with one attached hydrogen (secondary N) is 1. The van der Waals surface area contributed by atoms with E-state index < -0.39 is 0 Å². The first-order valence-corrected chi connectivity index (χ1v) is 6.98. The number of hydrogen-bond donors (Lipinski definition) is 1. The van der Waals surface area contributed by atoms with Crippen molar-refractivity contribution in [1.29, 1.82) is 0 Å². The van der Waals surface area contributed by atoms with Crippen LogP contribution in [-0.2, 0) is 9.53 Å². The lowest BCUT2D eigenvalue weighted by Gasteiger charge is -2.34. The van der Waals surface area contributed by atoms with Gasteiger partial charge >= 0.3 is 0 Å². The molecule has 1 aromatic rings. The minimum atomic E-state index is 0.0456. The molecule has 0 fully saturated rings. The van der Waals surface area contributed by atoms with Crippen molar-refractivity contribution in [3.63, 3.8) is 0 Å². The molecule has 0 aliphatic carbocycles. The molecule has 104 valence electrons. The SMILES string of the molecule is CCNC1CCN(C(=O)COCC)c2ccccc21. The first-order valence-electron chi connectivity index (χ1n) is 6.98. The van der Waals surface area contributed by atoms with E-state index in [-0.39, 0.29) is 12.5 Å². The zero-order chi connectivity index (χ0) is 13.7. The van der Waals surface area contributed by atoms with Crippen LogP contribution in [0.25, 0.3) is 0 Å². The maximum absolute atomic E-state index is 12.2. The van der Waals surface area contributed by atoms with Crippen LogP contribution in [0, 0.1) is 0 Å². The summed E-state index contributed by atoms with van der Waals surface area (Å²) in [6, 6.07) is 8.47. The molecule has 0 spiro atoms. The van der Waals surface area contributed by atoms with Crippen LogP contribution in [0.3, 0.4) is 0 Å². The third-order valence-corrected chi connectivity index (χ3v) is 3.43. The number of carbonyl (C=O) groups excluding carboxylic acids is 1. The number of hydrogen-bond acceptors (Lipinski definition) is 3. The minimum Gasteiger partial charge on any atom is -0.372 e. The number of carbonyl (C=O) groups is 1. The highest BCUT2D eigenvalue weighted by Gasteiger charge is 2.27. The van der Waals surface area contributed by atoms with E-state index in [1.54, 1.807) is 0 Å². The van der Waals surface area contributed by atoms with Gasteiger partial charge in [0.1, 0.15) is 6.61 Å². The molecule has 1 heterocycles. The van der Waals surface area contributed by atoms with Gasteiger partial charge in [-0.1, -0.05) is 25.1 Å². The second kappa shape index (κ2) is 6.68. The van der Waals surface area contributed by atoms with E-state index in [9.17, 15) is 4.79 Å². The molecule has 0 saturated carbocycles. The summed E-state index contributed by atoms with van der Waals surface area (Å²) < 4.78 is 5.23. The molecular weight excluding hydrogens is 240 g/mol. The average Bonchev–Trinajstić information content (AvgIpc) is 2.45. The van der Waals surface area contributed by atoms with Gasteiger partial charge in [0.2, 0.25) is 0 Å². The van der Waals surface area contributed by atoms with Crippen LogP contribution in [-0.4, -0.2) is 32.2 Å². The Bertz CT molecular complexity index is 434. The van der Waals surface area contributed by atoms with Crippen molar-refractivity contribution in [2.75, 3.05) is 31.2 Å². The molecule has 1 aliphatic rings. The molecule has 4 heteroatoms. The number of anilines is 1. The lowest BCUT2D eigenvalue weighted by Crippen LogP contribution is -2.41. The van der Waals surface area contributed by atoms with Crippen LogP contribution in [0.4, 0.5) is 5.69 Å². The summed E-state index contributed by atoms with van der Waals surface area (Å²) in [6.07, 6.45) is 0.947. The van der Waals surface area contributed by atoms with Crippen LogP contribution in [0.15, 0.2) is 24.3 Å².